The number of hydrogen-bond donors (Lipinski definition) is 14. The van der Waals surface area contributed by atoms with Gasteiger partial charge >= 0.3 is 0 Å². The maximum absolute atomic E-state index is 11.5. The number of carbonyl (C=O) groups is 3. The van der Waals surface area contributed by atoms with E-state index in [0.717, 1.165) is 64.5 Å². The number of ketones is 1. The van der Waals surface area contributed by atoms with Crippen LogP contribution >= 0.6 is 0 Å². The van der Waals surface area contributed by atoms with Crippen molar-refractivity contribution in [2.45, 2.75) is 219 Å². The van der Waals surface area contributed by atoms with Crippen LogP contribution in [0.25, 0.3) is 0 Å². The lowest BCUT2D eigenvalue weighted by Gasteiger charge is -2.34. The Kier molecular flexibility index (Phi) is 31.9. The van der Waals surface area contributed by atoms with Gasteiger partial charge in [-0.3, -0.25) is 0 Å². The highest BCUT2D eigenvalue weighted by Crippen LogP contribution is 2.59. The van der Waals surface area contributed by atoms with E-state index in [9.17, 15) is 85.9 Å². The summed E-state index contributed by atoms with van der Waals surface area (Å²) in [5.74, 6) is -14.5. The molecule has 0 atom stereocenters. The molecule has 2 fully saturated rings. The zero-order chi connectivity index (χ0) is 62.8. The fourth-order valence-corrected chi connectivity index (χ4v) is 12.7. The van der Waals surface area contributed by atoms with E-state index in [1.807, 2.05) is 27.7 Å². The summed E-state index contributed by atoms with van der Waals surface area (Å²) < 4.78 is 0. The Balaban J connectivity index is 0.000000997. The number of carboxylic acids is 2. The van der Waals surface area contributed by atoms with Crippen molar-refractivity contribution in [3.05, 3.63) is 68.8 Å². The van der Waals surface area contributed by atoms with E-state index in [1.54, 1.807) is 0 Å². The molecule has 0 unspecified atom stereocenters. The summed E-state index contributed by atoms with van der Waals surface area (Å²) in [5, 5.41) is 159. The Labute approximate surface area is 510 Å². The highest BCUT2D eigenvalue weighted by atomic mass is 16.4. The van der Waals surface area contributed by atoms with Crippen LogP contribution in [-0.4, -0.2) is 109 Å². The van der Waals surface area contributed by atoms with E-state index in [4.69, 9.17) is 0 Å². The quantitative estimate of drug-likeness (QED) is 0.0472. The van der Waals surface area contributed by atoms with E-state index in [-0.39, 0.29) is 116 Å². The number of aliphatic carboxylic acids is 2. The first-order chi connectivity index (χ1) is 39.8. The van der Waals surface area contributed by atoms with Crippen LogP contribution in [0.5, 0.6) is 69.0 Å². The van der Waals surface area contributed by atoms with Crippen molar-refractivity contribution in [3.8, 4) is 69.0 Å². The highest BCUT2D eigenvalue weighted by Gasteiger charge is 2.38. The predicted molar refractivity (Wildman–Crippen MR) is 324 cm³/mol. The number of fused-ring (bicyclic) bond motifs is 8. The van der Waals surface area contributed by atoms with Crippen LogP contribution in [0.3, 0.4) is 0 Å². The second-order valence-corrected chi connectivity index (χ2v) is 23.8. The largest absolute Gasteiger partial charge is 0.550 e. The second kappa shape index (κ2) is 35.6. The maximum Gasteiger partial charge on any atom is 0.200 e. The molecule has 22 nitrogen and oxygen atoms in total. The molecular formula is C65H102N2O20. The van der Waals surface area contributed by atoms with Gasteiger partial charge in [0.25, 0.3) is 0 Å². The van der Waals surface area contributed by atoms with Crippen LogP contribution in [-0.2, 0) is 14.4 Å². The molecule has 8 bridgehead atoms. The fourth-order valence-electron chi connectivity index (χ4n) is 12.7. The Morgan fingerprint density at radius 3 is 0.690 bits per heavy atom. The fraction of sp³-hybridized carbons (Fsp3) is 0.585. The number of phenols is 12. The number of hydrogen-bond acceptors (Lipinski definition) is 17. The number of Topliss-reactive ketones (excluding diaryl/α,β-unsaturated/α-hetero) is 1. The van der Waals surface area contributed by atoms with E-state index in [2.05, 4.69) is 11.5 Å². The summed E-state index contributed by atoms with van der Waals surface area (Å²) in [7, 11) is 0. The Morgan fingerprint density at radius 2 is 0.552 bits per heavy atom. The summed E-state index contributed by atoms with van der Waals surface area (Å²) in [5.41, 5.74) is 8.11. The molecule has 0 heterocycles. The number of aromatic hydroxyl groups is 12. The van der Waals surface area contributed by atoms with Crippen molar-refractivity contribution in [3.63, 3.8) is 0 Å². The summed E-state index contributed by atoms with van der Waals surface area (Å²) in [4.78, 5) is 30.4. The molecule has 3 aliphatic rings. The number of phenolic OH excluding ortho intramolecular Hbond substituents is 12. The molecule has 22 heteroatoms. The zero-order valence-electron chi connectivity index (χ0n) is 51.8. The molecule has 4 aromatic rings. The molecule has 0 saturated heterocycles. The van der Waals surface area contributed by atoms with Gasteiger partial charge in [-0.05, 0) is 102 Å². The number of rotatable bonds is 18. The average molecular weight is 1230 g/mol. The third-order valence-electron chi connectivity index (χ3n) is 17.5. The van der Waals surface area contributed by atoms with Gasteiger partial charge in [0.2, 0.25) is 23.0 Å². The van der Waals surface area contributed by atoms with E-state index in [1.165, 1.54) is 51.0 Å². The lowest BCUT2D eigenvalue weighted by Crippen LogP contribution is -2.59. The van der Waals surface area contributed by atoms with Gasteiger partial charge in [0.15, 0.2) is 46.0 Å². The van der Waals surface area contributed by atoms with Crippen LogP contribution in [0.4, 0.5) is 0 Å². The first-order valence-electron chi connectivity index (χ1n) is 30.3. The standard InChI is InChI=1S/C44H56O12.2C9H17NO2.C3H6O.3H2O/c1-5-9-13-21-25-17-27(35(47)41(53)33(25)45)22(14-10-6-2)29-19-31(39(51)43(55)37(29)49)24(16-12-8-4)32-20-30(38(50)44(56)40(32)52)23(15-11-7-3)28-18-26(21)34(46)42(54)36(28)48;2*10-7-9(6-8(11)12)4-2-1-3-5-9;1-3(2)4;;;/h17-24,45-56H,5-16H2,1-4H3;2*1-7,10H2,(H,11,12);1-2H3;3*1H2. The number of benzene rings is 4. The number of quaternary nitrogens is 2. The van der Waals surface area contributed by atoms with Gasteiger partial charge in [0, 0.05) is 90.9 Å². The molecule has 7 rings (SSSR count). The predicted octanol–water partition coefficient (Wildman–Crippen LogP) is 6.51. The molecule has 2 saturated carbocycles. The first kappa shape index (κ1) is 77.9. The van der Waals surface area contributed by atoms with Gasteiger partial charge < -0.3 is 114 Å². The first-order valence-corrected chi connectivity index (χ1v) is 30.3. The molecule has 0 spiro atoms. The normalized spacial score (nSPS) is 17.9. The molecule has 0 aromatic heterocycles. The van der Waals surface area contributed by atoms with Crippen LogP contribution in [0.2, 0.25) is 0 Å². The van der Waals surface area contributed by atoms with Gasteiger partial charge in [-0.25, -0.2) is 0 Å². The topological polar surface area (TPSA) is 490 Å². The lowest BCUT2D eigenvalue weighted by atomic mass is 9.72. The third-order valence-corrected chi connectivity index (χ3v) is 17.5. The van der Waals surface area contributed by atoms with Crippen molar-refractivity contribution >= 4 is 17.7 Å². The van der Waals surface area contributed by atoms with Gasteiger partial charge in [0.05, 0.1) is 13.1 Å². The number of unbranched alkanes of at least 4 members (excludes halogenated alkanes) is 4. The van der Waals surface area contributed by atoms with Crippen molar-refractivity contribution in [1.82, 2.24) is 0 Å². The Hall–Kier alpha value is -7.11. The van der Waals surface area contributed by atoms with Gasteiger partial charge in [-0.15, -0.1) is 0 Å². The third kappa shape index (κ3) is 18.9. The SMILES string of the molecule is CC(C)=O.CCCCC1c2cc(c(O)c(O)c2O)C(CCCC)c2cc(c(O)c(O)c2O)C(CCCC)c2cc(c(O)c(O)c2O)C(CCCC)c2cc1c(O)c(O)c2O.O.O.O.[NH3+]CC1(CC(=O)[O-])CCCCC1.[NH3+]CC1(CC(=O)[O-])CCCCC1. The van der Waals surface area contributed by atoms with E-state index in [0.29, 0.717) is 51.4 Å². The molecule has 492 valence electrons. The minimum Gasteiger partial charge on any atom is -0.550 e. The van der Waals surface area contributed by atoms with Crippen LogP contribution in [0, 0.1) is 10.8 Å². The smallest absolute Gasteiger partial charge is 0.200 e. The molecular weight excluding hydrogens is 1130 g/mol. The summed E-state index contributed by atoms with van der Waals surface area (Å²) in [6.45, 7) is 12.2. The van der Waals surface area contributed by atoms with Crippen LogP contribution < -0.4 is 21.7 Å². The molecule has 0 amide bonds. The number of carboxylic acid groups (broad SMARTS) is 2. The van der Waals surface area contributed by atoms with Gasteiger partial charge in [0.1, 0.15) is 5.78 Å². The van der Waals surface area contributed by atoms with Gasteiger partial charge in [-0.2, -0.15) is 0 Å². The van der Waals surface area contributed by atoms with E-state index >= 15 is 0 Å². The minimum atomic E-state index is -0.967. The monoisotopic (exact) mass is 1230 g/mol. The Morgan fingerprint density at radius 1 is 0.379 bits per heavy atom. The zero-order valence-corrected chi connectivity index (χ0v) is 51.8. The van der Waals surface area contributed by atoms with Crippen LogP contribution in [0.15, 0.2) is 24.3 Å². The lowest BCUT2D eigenvalue weighted by molar-refractivity contribution is -0.398. The Bertz CT molecular complexity index is 2410. The average Bonchev–Trinajstić information content (AvgIpc) is 1.12. The van der Waals surface area contributed by atoms with Crippen LogP contribution in [0.1, 0.15) is 264 Å². The minimum absolute atomic E-state index is 0. The van der Waals surface area contributed by atoms with Crippen molar-refractivity contribution in [2.24, 2.45) is 10.8 Å². The van der Waals surface area contributed by atoms with E-state index < -0.39 is 105 Å². The maximum atomic E-state index is 11.5. The van der Waals surface area contributed by atoms with Crippen molar-refractivity contribution in [1.29, 1.82) is 0 Å². The number of carbonyl (C=O) groups excluding carboxylic acids is 3. The summed E-state index contributed by atoms with van der Waals surface area (Å²) in [6, 6.07) is 5.85. The highest BCUT2D eigenvalue weighted by molar-refractivity contribution is 5.72. The van der Waals surface area contributed by atoms with Gasteiger partial charge in [-0.1, -0.05) is 118 Å². The van der Waals surface area contributed by atoms with Crippen molar-refractivity contribution in [2.75, 3.05) is 13.1 Å². The molecule has 0 radical (unpaired) electrons. The molecule has 3 aliphatic carbocycles. The summed E-state index contributed by atoms with van der Waals surface area (Å²) in [6.07, 6.45) is 17.3. The second-order valence-electron chi connectivity index (χ2n) is 23.8. The molecule has 87 heavy (non-hydrogen) atoms. The molecule has 24 N–H and O–H groups in total. The summed E-state index contributed by atoms with van der Waals surface area (Å²) >= 11 is 0. The molecule has 4 aromatic carbocycles. The van der Waals surface area contributed by atoms with Crippen molar-refractivity contribution < 1.29 is 114 Å². The molecule has 0 aliphatic heterocycles.